The molecule has 0 amide bonds. The van der Waals surface area contributed by atoms with Crippen molar-refractivity contribution in [2.75, 3.05) is 39.1 Å². The van der Waals surface area contributed by atoms with Gasteiger partial charge in [0.05, 0.1) is 34.5 Å². The Bertz CT molecular complexity index is 1170. The molecule has 4 rings (SSSR count). The molecular formula is C28H33Cl2N3O3S. The largest absolute Gasteiger partial charge is 0.423 e. The molecule has 2 heterocycles. The number of carbonyl (C=O) groups excluding carboxylic acids is 1. The summed E-state index contributed by atoms with van der Waals surface area (Å²) in [5, 5.41) is 4.85. The van der Waals surface area contributed by atoms with E-state index < -0.39 is 12.0 Å². The van der Waals surface area contributed by atoms with E-state index in [0.29, 0.717) is 38.8 Å². The molecule has 9 heteroatoms. The number of benzene rings is 2. The summed E-state index contributed by atoms with van der Waals surface area (Å²) in [6.45, 7) is 5.95. The van der Waals surface area contributed by atoms with Crippen LogP contribution in [0.3, 0.4) is 0 Å². The molecule has 37 heavy (non-hydrogen) atoms. The number of para-hydroxylation sites is 1. The Morgan fingerprint density at radius 1 is 1.14 bits per heavy atom. The van der Waals surface area contributed by atoms with E-state index in [1.165, 1.54) is 31.0 Å². The number of hydrogen-bond donors (Lipinski definition) is 1. The molecule has 2 aromatic carbocycles. The summed E-state index contributed by atoms with van der Waals surface area (Å²) in [7, 11) is 0. The number of piperidine rings is 1. The van der Waals surface area contributed by atoms with E-state index in [0.717, 1.165) is 37.2 Å². The molecule has 2 aliphatic rings. The summed E-state index contributed by atoms with van der Waals surface area (Å²) in [4.78, 5) is 21.0. The molecule has 1 atom stereocenters. The maximum Gasteiger partial charge on any atom is 0.343 e. The first-order valence-corrected chi connectivity index (χ1v) is 14.6. The van der Waals surface area contributed by atoms with Gasteiger partial charge in [0.1, 0.15) is 11.8 Å². The number of aliphatic imine (C=N–C) groups is 1. The van der Waals surface area contributed by atoms with E-state index in [-0.39, 0.29) is 6.61 Å². The van der Waals surface area contributed by atoms with E-state index >= 15 is 0 Å². The van der Waals surface area contributed by atoms with Crippen LogP contribution in [0.4, 0.5) is 0 Å². The molecule has 198 valence electrons. The lowest BCUT2D eigenvalue weighted by Crippen LogP contribution is -2.36. The maximum atomic E-state index is 13.7. The van der Waals surface area contributed by atoms with Crippen LogP contribution in [0.5, 0.6) is 5.75 Å². The molecular weight excluding hydrogens is 529 g/mol. The van der Waals surface area contributed by atoms with Crippen molar-refractivity contribution in [1.29, 1.82) is 0 Å². The molecule has 1 unspecified atom stereocenters. The number of aryl methyl sites for hydroxylation is 1. The third-order valence-corrected chi connectivity index (χ3v) is 7.91. The molecule has 0 aliphatic carbocycles. The number of thioether (sulfide) groups is 1. The van der Waals surface area contributed by atoms with Crippen molar-refractivity contribution in [2.45, 2.75) is 38.6 Å². The normalized spacial score (nSPS) is 18.4. The molecule has 2 aliphatic heterocycles. The van der Waals surface area contributed by atoms with Crippen molar-refractivity contribution in [2.24, 2.45) is 4.99 Å². The molecule has 1 fully saturated rings. The van der Waals surface area contributed by atoms with Gasteiger partial charge in [0.15, 0.2) is 5.17 Å². The second-order valence-electron chi connectivity index (χ2n) is 9.04. The lowest BCUT2D eigenvalue weighted by atomic mass is 9.96. The third kappa shape index (κ3) is 7.30. The Morgan fingerprint density at radius 3 is 2.65 bits per heavy atom. The van der Waals surface area contributed by atoms with Crippen LogP contribution < -0.4 is 10.1 Å². The van der Waals surface area contributed by atoms with Gasteiger partial charge in [-0.15, -0.1) is 0 Å². The van der Waals surface area contributed by atoms with Gasteiger partial charge >= 0.3 is 5.97 Å². The minimum atomic E-state index is -0.611. The number of likely N-dealkylation sites (tertiary alicyclic amines) is 1. The van der Waals surface area contributed by atoms with Gasteiger partial charge in [-0.1, -0.05) is 72.6 Å². The lowest BCUT2D eigenvalue weighted by molar-refractivity contribution is -0.130. The predicted molar refractivity (Wildman–Crippen MR) is 153 cm³/mol. The summed E-state index contributed by atoms with van der Waals surface area (Å²) in [6.07, 6.45) is 6.46. The van der Waals surface area contributed by atoms with E-state index in [1.54, 1.807) is 12.1 Å². The molecule has 0 saturated carbocycles. The Kier molecular flexibility index (Phi) is 10.3. The number of esters is 1. The summed E-state index contributed by atoms with van der Waals surface area (Å²) in [6, 6.07) is 12.3. The first-order chi connectivity index (χ1) is 18.0. The van der Waals surface area contributed by atoms with Crippen molar-refractivity contribution in [1.82, 2.24) is 10.2 Å². The second kappa shape index (κ2) is 13.7. The topological polar surface area (TPSA) is 63.2 Å². The molecule has 1 N–H and O–H groups in total. The van der Waals surface area contributed by atoms with Crippen LogP contribution >= 0.6 is 35.0 Å². The maximum absolute atomic E-state index is 13.7. The molecule has 1 saturated heterocycles. The zero-order valence-corrected chi connectivity index (χ0v) is 23.6. The number of rotatable bonds is 9. The molecule has 0 radical (unpaired) electrons. The van der Waals surface area contributed by atoms with Crippen molar-refractivity contribution >= 4 is 46.1 Å². The van der Waals surface area contributed by atoms with E-state index in [1.807, 2.05) is 43.5 Å². The highest BCUT2D eigenvalue weighted by atomic mass is 35.5. The van der Waals surface area contributed by atoms with Gasteiger partial charge in [0, 0.05) is 6.54 Å². The van der Waals surface area contributed by atoms with Crippen LogP contribution in [-0.4, -0.2) is 55.1 Å². The highest BCUT2D eigenvalue weighted by molar-refractivity contribution is 8.13. The van der Waals surface area contributed by atoms with Crippen LogP contribution in [0.1, 0.15) is 43.4 Å². The van der Waals surface area contributed by atoms with Crippen molar-refractivity contribution < 1.29 is 14.3 Å². The van der Waals surface area contributed by atoms with Gasteiger partial charge in [-0.3, -0.25) is 0 Å². The number of hydrogen-bond acceptors (Lipinski definition) is 7. The minimum Gasteiger partial charge on any atom is -0.423 e. The van der Waals surface area contributed by atoms with Crippen LogP contribution in [0.15, 0.2) is 58.7 Å². The summed E-state index contributed by atoms with van der Waals surface area (Å²) in [5.74, 6) is 0.0726. The van der Waals surface area contributed by atoms with Crippen LogP contribution in [0.25, 0.3) is 0 Å². The van der Waals surface area contributed by atoms with Gasteiger partial charge in [0.25, 0.3) is 0 Å². The van der Waals surface area contributed by atoms with Gasteiger partial charge in [-0.25, -0.2) is 9.79 Å². The summed E-state index contributed by atoms with van der Waals surface area (Å²) in [5.41, 5.74) is 2.76. The van der Waals surface area contributed by atoms with Crippen LogP contribution in [-0.2, 0) is 16.0 Å². The zero-order chi connectivity index (χ0) is 26.2. The fourth-order valence-corrected chi connectivity index (χ4v) is 5.30. The Balaban J connectivity index is 1.63. The molecule has 0 bridgehead atoms. The second-order valence-corrected chi connectivity index (χ2v) is 10.6. The molecule has 0 spiro atoms. The van der Waals surface area contributed by atoms with Crippen molar-refractivity contribution in [3.63, 3.8) is 0 Å². The highest BCUT2D eigenvalue weighted by Crippen LogP contribution is 2.36. The van der Waals surface area contributed by atoms with Crippen LogP contribution in [0.2, 0.25) is 10.0 Å². The monoisotopic (exact) mass is 561 g/mol. The minimum absolute atomic E-state index is 0.241. The molecule has 6 nitrogen and oxygen atoms in total. The standard InChI is InChI=1S/C28H33Cl2N3O3S/c1-3-19-9-5-6-10-24(19)36-27(34)25-23(18-35-16-15-33-13-7-4-8-14-33)31-28(37-2)32-26(25)20-11-12-21(29)22(30)17-20/h5-6,9-12,17,26H,3-4,7-8,13-16,18H2,1-2H3,(H,31,32). The van der Waals surface area contributed by atoms with Gasteiger partial charge in [0.2, 0.25) is 0 Å². The number of carbonyl (C=O) groups is 1. The van der Waals surface area contributed by atoms with Crippen LogP contribution in [0, 0.1) is 0 Å². The summed E-state index contributed by atoms with van der Waals surface area (Å²) < 4.78 is 12.0. The molecule has 2 aromatic rings. The van der Waals surface area contributed by atoms with E-state index in [2.05, 4.69) is 10.2 Å². The average molecular weight is 563 g/mol. The number of nitrogens with one attached hydrogen (secondary N) is 1. The first-order valence-electron chi connectivity index (χ1n) is 12.7. The van der Waals surface area contributed by atoms with Gasteiger partial charge in [-0.05, 0) is 67.9 Å². The SMILES string of the molecule is CCc1ccccc1OC(=O)C1=C(COCCN2CCCCC2)NC(SC)=NC1c1ccc(Cl)c(Cl)c1. The lowest BCUT2D eigenvalue weighted by Gasteiger charge is -2.28. The average Bonchev–Trinajstić information content (AvgIpc) is 2.93. The summed E-state index contributed by atoms with van der Waals surface area (Å²) >= 11 is 14.0. The Morgan fingerprint density at radius 2 is 1.92 bits per heavy atom. The first kappa shape index (κ1) is 28.0. The highest BCUT2D eigenvalue weighted by Gasteiger charge is 2.33. The molecule has 0 aromatic heterocycles. The van der Waals surface area contributed by atoms with E-state index in [4.69, 9.17) is 37.7 Å². The number of ether oxygens (including phenoxy) is 2. The predicted octanol–water partition coefficient (Wildman–Crippen LogP) is 6.28. The fourth-order valence-electron chi connectivity index (χ4n) is 4.55. The zero-order valence-electron chi connectivity index (χ0n) is 21.3. The number of amidine groups is 1. The number of nitrogens with zero attached hydrogens (tertiary/aromatic N) is 2. The third-order valence-electron chi connectivity index (χ3n) is 6.58. The number of halogens is 2. The Hall–Kier alpha value is -2.03. The Labute approximate surface area is 233 Å². The van der Waals surface area contributed by atoms with Gasteiger partial charge in [-0.2, -0.15) is 0 Å². The van der Waals surface area contributed by atoms with Gasteiger partial charge < -0.3 is 19.7 Å². The van der Waals surface area contributed by atoms with Crippen molar-refractivity contribution in [3.8, 4) is 5.75 Å². The smallest absolute Gasteiger partial charge is 0.343 e. The van der Waals surface area contributed by atoms with E-state index in [9.17, 15) is 4.79 Å². The van der Waals surface area contributed by atoms with Crippen molar-refractivity contribution in [3.05, 3.63) is 74.9 Å². The fraction of sp³-hybridized carbons (Fsp3) is 0.429. The quantitative estimate of drug-likeness (QED) is 0.221.